The van der Waals surface area contributed by atoms with E-state index in [2.05, 4.69) is 64.1 Å². The number of hydrogen-bond donors (Lipinski definition) is 4. The van der Waals surface area contributed by atoms with Gasteiger partial charge in [-0.15, -0.1) is 0 Å². The lowest BCUT2D eigenvalue weighted by Crippen LogP contribution is -2.30. The summed E-state index contributed by atoms with van der Waals surface area (Å²) in [5.74, 6) is 1.47. The fourth-order valence-electron chi connectivity index (χ4n) is 4.17. The van der Waals surface area contributed by atoms with Gasteiger partial charge in [0.1, 0.15) is 0 Å². The molecular weight excluding hydrogens is 428 g/mol. The molecule has 1 aliphatic heterocycles. The molecule has 0 spiro atoms. The molecule has 0 radical (unpaired) electrons. The zero-order valence-corrected chi connectivity index (χ0v) is 19.4. The van der Waals surface area contributed by atoms with Crippen LogP contribution in [0.2, 0.25) is 0 Å². The third kappa shape index (κ3) is 4.85. The molecule has 0 bridgehead atoms. The summed E-state index contributed by atoms with van der Waals surface area (Å²) in [4.78, 5) is 13.9. The largest absolute Gasteiger partial charge is 0.392 e. The molecule has 4 heterocycles. The Labute approximate surface area is 198 Å². The van der Waals surface area contributed by atoms with Crippen LogP contribution < -0.4 is 16.0 Å². The number of aliphatic hydroxyl groups is 1. The highest BCUT2D eigenvalue weighted by atomic mass is 16.3. The van der Waals surface area contributed by atoms with E-state index in [1.807, 2.05) is 24.4 Å². The highest BCUT2D eigenvalue weighted by Gasteiger charge is 2.22. The van der Waals surface area contributed by atoms with Crippen LogP contribution in [-0.4, -0.2) is 54.9 Å². The lowest BCUT2D eigenvalue weighted by molar-refractivity contribution is 0.193. The summed E-state index contributed by atoms with van der Waals surface area (Å²) >= 11 is 0. The fourth-order valence-corrected chi connectivity index (χ4v) is 4.17. The summed E-state index contributed by atoms with van der Waals surface area (Å²) in [5.41, 5.74) is 5.03. The molecule has 4 aromatic rings. The number of rotatable bonds is 8. The smallest absolute Gasteiger partial charge is 0.229 e. The van der Waals surface area contributed by atoms with E-state index in [-0.39, 0.29) is 12.1 Å². The first-order valence-electron chi connectivity index (χ1n) is 11.7. The van der Waals surface area contributed by atoms with Gasteiger partial charge in [-0.3, -0.25) is 4.98 Å². The molecule has 176 valence electrons. The Morgan fingerprint density at radius 3 is 2.68 bits per heavy atom. The van der Waals surface area contributed by atoms with Crippen LogP contribution in [0.5, 0.6) is 0 Å². The molecule has 0 amide bonds. The van der Waals surface area contributed by atoms with E-state index in [9.17, 15) is 5.11 Å². The van der Waals surface area contributed by atoms with Crippen molar-refractivity contribution in [2.45, 2.75) is 44.9 Å². The molecule has 3 aromatic heterocycles. The lowest BCUT2D eigenvalue weighted by atomic mass is 10.1. The summed E-state index contributed by atoms with van der Waals surface area (Å²) in [5, 5.41) is 24.4. The average Bonchev–Trinajstić information content (AvgIpc) is 3.48. The average molecular weight is 459 g/mol. The van der Waals surface area contributed by atoms with Gasteiger partial charge in [-0.1, -0.05) is 44.2 Å². The highest BCUT2D eigenvalue weighted by molar-refractivity contribution is 5.59. The van der Waals surface area contributed by atoms with E-state index in [0.29, 0.717) is 37.4 Å². The van der Waals surface area contributed by atoms with Crippen molar-refractivity contribution in [3.8, 4) is 11.3 Å². The molecular formula is C25H30N8O. The predicted molar refractivity (Wildman–Crippen MR) is 133 cm³/mol. The standard InChI is InChI=1S/C25H30N8O/c1-16(2)21-15-30-33-23(21)31-24(28-13-19-11-20(34)14-27-19)32-25(33)29-12-17-6-8-18(9-7-17)22-5-3-4-10-26-22/h3-10,15-16,19-20,27,34H,11-14H2,1-2H3,(H2,28,29,31,32)/t19-,20+/m0/s1. The van der Waals surface area contributed by atoms with Crippen molar-refractivity contribution in [2.24, 2.45) is 0 Å². The molecule has 1 fully saturated rings. The maximum atomic E-state index is 9.77. The van der Waals surface area contributed by atoms with Crippen LogP contribution in [0.25, 0.3) is 16.9 Å². The number of nitrogens with one attached hydrogen (secondary N) is 3. The number of pyridine rings is 1. The minimum Gasteiger partial charge on any atom is -0.392 e. The molecule has 5 rings (SSSR count). The first-order chi connectivity index (χ1) is 16.6. The number of hydrogen-bond acceptors (Lipinski definition) is 8. The SMILES string of the molecule is CC(C)c1cnn2c(NCc3ccc(-c4ccccn4)cc3)nc(NC[C@@H]3C[C@@H](O)CN3)nc12. The molecule has 1 saturated heterocycles. The number of aliphatic hydroxyl groups excluding tert-OH is 1. The van der Waals surface area contributed by atoms with Gasteiger partial charge in [0.05, 0.1) is 18.0 Å². The zero-order chi connectivity index (χ0) is 23.5. The Morgan fingerprint density at radius 2 is 1.97 bits per heavy atom. The van der Waals surface area contributed by atoms with Crippen molar-refractivity contribution in [3.63, 3.8) is 0 Å². The molecule has 34 heavy (non-hydrogen) atoms. The van der Waals surface area contributed by atoms with Gasteiger partial charge in [-0.2, -0.15) is 19.6 Å². The van der Waals surface area contributed by atoms with Crippen molar-refractivity contribution < 1.29 is 5.11 Å². The first-order valence-corrected chi connectivity index (χ1v) is 11.7. The van der Waals surface area contributed by atoms with Crippen LogP contribution in [0, 0.1) is 0 Å². The van der Waals surface area contributed by atoms with Gasteiger partial charge in [0.2, 0.25) is 11.9 Å². The molecule has 1 aliphatic rings. The van der Waals surface area contributed by atoms with Crippen LogP contribution in [0.3, 0.4) is 0 Å². The van der Waals surface area contributed by atoms with E-state index in [1.165, 1.54) is 0 Å². The number of β-amino-alcohol motifs (C(OH)–C–C–N with tert-alkyl or cyclic N) is 1. The van der Waals surface area contributed by atoms with Crippen LogP contribution in [-0.2, 0) is 6.54 Å². The number of anilines is 2. The summed E-state index contributed by atoms with van der Waals surface area (Å²) < 4.78 is 1.76. The zero-order valence-electron chi connectivity index (χ0n) is 19.4. The van der Waals surface area contributed by atoms with Crippen LogP contribution in [0.15, 0.2) is 54.9 Å². The Bertz CT molecular complexity index is 1240. The molecule has 0 aliphatic carbocycles. The van der Waals surface area contributed by atoms with Gasteiger partial charge >= 0.3 is 0 Å². The Balaban J connectivity index is 1.35. The van der Waals surface area contributed by atoms with E-state index < -0.39 is 0 Å². The Morgan fingerprint density at radius 1 is 1.12 bits per heavy atom. The monoisotopic (exact) mass is 458 g/mol. The predicted octanol–water partition coefficient (Wildman–Crippen LogP) is 3.06. The van der Waals surface area contributed by atoms with Gasteiger partial charge in [-0.25, -0.2) is 0 Å². The van der Waals surface area contributed by atoms with Crippen LogP contribution in [0.4, 0.5) is 11.9 Å². The fraction of sp³-hybridized carbons (Fsp3) is 0.360. The number of nitrogens with zero attached hydrogens (tertiary/aromatic N) is 5. The third-order valence-corrected chi connectivity index (χ3v) is 6.09. The third-order valence-electron chi connectivity index (χ3n) is 6.09. The first kappa shape index (κ1) is 22.2. The van der Waals surface area contributed by atoms with Crippen molar-refractivity contribution in [3.05, 3.63) is 66.0 Å². The van der Waals surface area contributed by atoms with E-state index in [4.69, 9.17) is 9.97 Å². The summed E-state index contributed by atoms with van der Waals surface area (Å²) in [6.07, 6.45) is 4.09. The van der Waals surface area contributed by atoms with Gasteiger partial charge in [0, 0.05) is 43.0 Å². The van der Waals surface area contributed by atoms with Gasteiger partial charge in [0.25, 0.3) is 0 Å². The molecule has 4 N–H and O–H groups in total. The molecule has 9 heteroatoms. The summed E-state index contributed by atoms with van der Waals surface area (Å²) in [7, 11) is 0. The van der Waals surface area contributed by atoms with Gasteiger partial charge in [0.15, 0.2) is 5.65 Å². The summed E-state index contributed by atoms with van der Waals surface area (Å²) in [6, 6.07) is 14.4. The minimum absolute atomic E-state index is 0.193. The second-order valence-electron chi connectivity index (χ2n) is 9.00. The van der Waals surface area contributed by atoms with E-state index >= 15 is 0 Å². The number of fused-ring (bicyclic) bond motifs is 1. The molecule has 9 nitrogen and oxygen atoms in total. The van der Waals surface area contributed by atoms with Crippen molar-refractivity contribution >= 4 is 17.5 Å². The number of aromatic nitrogens is 5. The van der Waals surface area contributed by atoms with E-state index in [1.54, 1.807) is 10.7 Å². The van der Waals surface area contributed by atoms with Gasteiger partial charge in [-0.05, 0) is 30.0 Å². The summed E-state index contributed by atoms with van der Waals surface area (Å²) in [6.45, 7) is 6.13. The van der Waals surface area contributed by atoms with Gasteiger partial charge < -0.3 is 21.1 Å². The second-order valence-corrected chi connectivity index (χ2v) is 9.00. The van der Waals surface area contributed by atoms with E-state index in [0.717, 1.165) is 34.5 Å². The molecule has 0 saturated carbocycles. The maximum absolute atomic E-state index is 9.77. The minimum atomic E-state index is -0.293. The Kier molecular flexibility index (Phi) is 6.37. The van der Waals surface area contributed by atoms with Crippen molar-refractivity contribution in [1.82, 2.24) is 29.9 Å². The topological polar surface area (TPSA) is 112 Å². The molecule has 0 unspecified atom stereocenters. The quantitative estimate of drug-likeness (QED) is 0.319. The van der Waals surface area contributed by atoms with Crippen LogP contribution >= 0.6 is 0 Å². The van der Waals surface area contributed by atoms with Crippen molar-refractivity contribution in [1.29, 1.82) is 0 Å². The number of benzene rings is 1. The maximum Gasteiger partial charge on any atom is 0.229 e. The van der Waals surface area contributed by atoms with Crippen molar-refractivity contribution in [2.75, 3.05) is 23.7 Å². The highest BCUT2D eigenvalue weighted by Crippen LogP contribution is 2.23. The van der Waals surface area contributed by atoms with Crippen LogP contribution in [0.1, 0.15) is 37.3 Å². The Hall–Kier alpha value is -3.56. The molecule has 1 aromatic carbocycles. The second kappa shape index (κ2) is 9.74. The lowest BCUT2D eigenvalue weighted by Gasteiger charge is -2.14. The molecule has 2 atom stereocenters. The normalized spacial score (nSPS) is 18.0.